The van der Waals surface area contributed by atoms with Crippen LogP contribution < -0.4 is 0 Å². The van der Waals surface area contributed by atoms with E-state index in [2.05, 4.69) is 0 Å². The largest absolute Gasteiger partial charge is 0.479 e. The lowest BCUT2D eigenvalue weighted by Gasteiger charge is -2.25. The van der Waals surface area contributed by atoms with Gasteiger partial charge in [0.1, 0.15) is 6.10 Å². The van der Waals surface area contributed by atoms with E-state index in [9.17, 15) is 9.90 Å². The van der Waals surface area contributed by atoms with Crippen LogP contribution in [0.4, 0.5) is 0 Å². The molecule has 20 heavy (non-hydrogen) atoms. The third-order valence-corrected chi connectivity index (χ3v) is 4.49. The predicted molar refractivity (Wildman–Crippen MR) is 73.3 cm³/mol. The van der Waals surface area contributed by atoms with E-state index in [1.54, 1.807) is 6.92 Å². The maximum absolute atomic E-state index is 11.8. The molecule has 0 unspecified atom stereocenters. The van der Waals surface area contributed by atoms with Gasteiger partial charge in [-0.15, -0.1) is 0 Å². The molecular weight excluding hydrogens is 256 g/mol. The van der Waals surface area contributed by atoms with Gasteiger partial charge in [0, 0.05) is 12.8 Å². The Morgan fingerprint density at radius 3 is 2.55 bits per heavy atom. The van der Waals surface area contributed by atoms with Crippen LogP contribution in [0.2, 0.25) is 0 Å². The summed E-state index contributed by atoms with van der Waals surface area (Å²) < 4.78 is 12.1. The molecule has 2 atom stereocenters. The van der Waals surface area contributed by atoms with Crippen LogP contribution in [0.1, 0.15) is 49.8 Å². The Kier molecular flexibility index (Phi) is 3.10. The fourth-order valence-electron chi connectivity index (χ4n) is 3.32. The van der Waals surface area contributed by atoms with E-state index >= 15 is 0 Å². The highest BCUT2D eigenvalue weighted by Gasteiger charge is 2.60. The molecule has 3 rings (SSSR count). The minimum absolute atomic E-state index is 0.556. The number of hydrogen-bond donors (Lipinski definition) is 1. The second kappa shape index (κ2) is 4.57. The molecule has 1 aliphatic carbocycles. The first-order valence-electron chi connectivity index (χ1n) is 7.14. The topological polar surface area (TPSA) is 55.8 Å². The molecule has 0 bridgehead atoms. The molecule has 0 amide bonds. The molecule has 0 aromatic heterocycles. The van der Waals surface area contributed by atoms with Crippen molar-refractivity contribution in [3.63, 3.8) is 0 Å². The van der Waals surface area contributed by atoms with Gasteiger partial charge in [-0.25, -0.2) is 4.79 Å². The Hall–Kier alpha value is -1.39. The first-order valence-corrected chi connectivity index (χ1v) is 7.14. The van der Waals surface area contributed by atoms with Crippen LogP contribution >= 0.6 is 0 Å². The second-order valence-electron chi connectivity index (χ2n) is 5.99. The van der Waals surface area contributed by atoms with Crippen LogP contribution in [0.25, 0.3) is 0 Å². The van der Waals surface area contributed by atoms with E-state index < -0.39 is 23.5 Å². The van der Waals surface area contributed by atoms with Crippen molar-refractivity contribution >= 4 is 5.97 Å². The predicted octanol–water partition coefficient (Wildman–Crippen LogP) is 3.20. The van der Waals surface area contributed by atoms with Crippen molar-refractivity contribution in [1.82, 2.24) is 0 Å². The summed E-state index contributed by atoms with van der Waals surface area (Å²) in [5, 5.41) is 9.63. The van der Waals surface area contributed by atoms with E-state index in [4.69, 9.17) is 9.47 Å². The van der Waals surface area contributed by atoms with Crippen molar-refractivity contribution in [1.29, 1.82) is 0 Å². The lowest BCUT2D eigenvalue weighted by Crippen LogP contribution is -2.41. The number of carbonyl (C=O) groups is 1. The summed E-state index contributed by atoms with van der Waals surface area (Å²) in [6.07, 6.45) is 3.04. The number of aliphatic carboxylic acids is 1. The molecule has 2 aliphatic rings. The Morgan fingerprint density at radius 1 is 1.30 bits per heavy atom. The van der Waals surface area contributed by atoms with Crippen molar-refractivity contribution < 1.29 is 19.4 Å². The highest BCUT2D eigenvalue weighted by molar-refractivity contribution is 5.78. The van der Waals surface area contributed by atoms with Gasteiger partial charge >= 0.3 is 5.97 Å². The van der Waals surface area contributed by atoms with E-state index in [0.717, 1.165) is 36.8 Å². The smallest absolute Gasteiger partial charge is 0.338 e. The molecule has 1 heterocycles. The molecule has 4 nitrogen and oxygen atoms in total. The van der Waals surface area contributed by atoms with Crippen molar-refractivity contribution in [3.05, 3.63) is 35.4 Å². The van der Waals surface area contributed by atoms with Crippen LogP contribution in [0.5, 0.6) is 0 Å². The van der Waals surface area contributed by atoms with Gasteiger partial charge in [-0.05, 0) is 37.8 Å². The van der Waals surface area contributed by atoms with Crippen molar-refractivity contribution in [3.8, 4) is 0 Å². The number of benzene rings is 1. The van der Waals surface area contributed by atoms with Crippen LogP contribution in [0, 0.1) is 6.92 Å². The average molecular weight is 276 g/mol. The fourth-order valence-corrected chi connectivity index (χ4v) is 3.32. The highest BCUT2D eigenvalue weighted by Crippen LogP contribution is 2.52. The molecule has 0 radical (unpaired) electrons. The van der Waals surface area contributed by atoms with Gasteiger partial charge in [-0.2, -0.15) is 0 Å². The van der Waals surface area contributed by atoms with Crippen LogP contribution in [0.3, 0.4) is 0 Å². The Balaban J connectivity index is 2.03. The zero-order valence-corrected chi connectivity index (χ0v) is 11.9. The molecule has 1 saturated heterocycles. The number of ether oxygens (including phenoxy) is 2. The summed E-state index contributed by atoms with van der Waals surface area (Å²) in [6, 6.07) is 7.75. The number of hydrogen-bond acceptors (Lipinski definition) is 3. The maximum Gasteiger partial charge on any atom is 0.338 e. The molecule has 1 N–H and O–H groups in total. The zero-order valence-electron chi connectivity index (χ0n) is 11.9. The molecule has 1 aliphatic heterocycles. The van der Waals surface area contributed by atoms with Crippen molar-refractivity contribution in [2.75, 3.05) is 0 Å². The molecular formula is C16H20O4. The van der Waals surface area contributed by atoms with E-state index in [-0.39, 0.29) is 0 Å². The monoisotopic (exact) mass is 276 g/mol. The number of carboxylic acid groups (broad SMARTS) is 1. The summed E-state index contributed by atoms with van der Waals surface area (Å²) in [5.74, 6) is -1.67. The molecule has 2 fully saturated rings. The first-order chi connectivity index (χ1) is 9.47. The second-order valence-corrected chi connectivity index (χ2v) is 5.99. The fraction of sp³-hybridized carbons (Fsp3) is 0.562. The SMILES string of the molecule is Cc1ccccc1[C@H]1OC2(CCCC2)O[C@]1(C)C(=O)O. The summed E-state index contributed by atoms with van der Waals surface area (Å²) in [5.41, 5.74) is 0.612. The quantitative estimate of drug-likeness (QED) is 0.901. The number of rotatable bonds is 2. The molecule has 1 aromatic rings. The minimum atomic E-state index is -1.32. The maximum atomic E-state index is 11.8. The summed E-state index contributed by atoms with van der Waals surface area (Å²) in [6.45, 7) is 3.60. The van der Waals surface area contributed by atoms with Gasteiger partial charge < -0.3 is 14.6 Å². The summed E-state index contributed by atoms with van der Waals surface area (Å²) in [4.78, 5) is 11.8. The average Bonchev–Trinajstić information content (AvgIpc) is 2.97. The lowest BCUT2D eigenvalue weighted by atomic mass is 9.90. The highest BCUT2D eigenvalue weighted by atomic mass is 16.8. The van der Waals surface area contributed by atoms with Gasteiger partial charge in [-0.1, -0.05) is 24.3 Å². The van der Waals surface area contributed by atoms with Crippen LogP contribution in [-0.2, 0) is 14.3 Å². The Morgan fingerprint density at radius 2 is 1.95 bits per heavy atom. The summed E-state index contributed by atoms with van der Waals surface area (Å²) >= 11 is 0. The van der Waals surface area contributed by atoms with Gasteiger partial charge in [0.05, 0.1) is 0 Å². The lowest BCUT2D eigenvalue weighted by molar-refractivity contribution is -0.194. The normalized spacial score (nSPS) is 31.8. The third-order valence-electron chi connectivity index (χ3n) is 4.49. The van der Waals surface area contributed by atoms with Gasteiger partial charge in [0.25, 0.3) is 0 Å². The van der Waals surface area contributed by atoms with Crippen LogP contribution in [-0.4, -0.2) is 22.5 Å². The van der Waals surface area contributed by atoms with Crippen molar-refractivity contribution in [2.45, 2.75) is 57.0 Å². The van der Waals surface area contributed by atoms with E-state index in [1.807, 2.05) is 31.2 Å². The number of carboxylic acids is 1. The third kappa shape index (κ3) is 1.95. The Bertz CT molecular complexity index is 533. The van der Waals surface area contributed by atoms with E-state index in [0.29, 0.717) is 0 Å². The van der Waals surface area contributed by atoms with Crippen molar-refractivity contribution in [2.24, 2.45) is 0 Å². The first kappa shape index (κ1) is 13.6. The van der Waals surface area contributed by atoms with Gasteiger partial charge in [0.15, 0.2) is 11.4 Å². The molecule has 1 aromatic carbocycles. The standard InChI is InChI=1S/C16H20O4/c1-11-7-3-4-8-12(11)13-15(2,14(17)18)20-16(19-13)9-5-6-10-16/h3-4,7-8,13H,5-6,9-10H2,1-2H3,(H,17,18)/t13-,15+/m1/s1. The molecule has 4 heteroatoms. The molecule has 1 saturated carbocycles. The summed E-state index contributed by atoms with van der Waals surface area (Å²) in [7, 11) is 0. The van der Waals surface area contributed by atoms with Crippen LogP contribution in [0.15, 0.2) is 24.3 Å². The Labute approximate surface area is 118 Å². The zero-order chi connectivity index (χ0) is 14.4. The number of aryl methyl sites for hydroxylation is 1. The van der Waals surface area contributed by atoms with Gasteiger partial charge in [-0.3, -0.25) is 0 Å². The van der Waals surface area contributed by atoms with E-state index in [1.165, 1.54) is 0 Å². The minimum Gasteiger partial charge on any atom is -0.479 e. The molecule has 108 valence electrons. The molecule has 1 spiro atoms. The van der Waals surface area contributed by atoms with Gasteiger partial charge in [0.2, 0.25) is 0 Å².